The van der Waals surface area contributed by atoms with E-state index < -0.39 is 5.79 Å². The lowest BCUT2D eigenvalue weighted by molar-refractivity contribution is -0.189. The van der Waals surface area contributed by atoms with Crippen molar-refractivity contribution in [3.8, 4) is 0 Å². The lowest BCUT2D eigenvalue weighted by Gasteiger charge is -2.24. The first kappa shape index (κ1) is 20.6. The van der Waals surface area contributed by atoms with Gasteiger partial charge in [-0.15, -0.1) is 0 Å². The molecule has 146 valence electrons. The Labute approximate surface area is 173 Å². The number of rotatable bonds is 7. The van der Waals surface area contributed by atoms with E-state index in [4.69, 9.17) is 32.7 Å². The van der Waals surface area contributed by atoms with Crippen molar-refractivity contribution in [2.45, 2.75) is 62.2 Å². The van der Waals surface area contributed by atoms with Crippen LogP contribution in [-0.4, -0.2) is 20.7 Å². The zero-order valence-corrected chi connectivity index (χ0v) is 17.7. The maximum Gasteiger partial charge on any atom is 0.210 e. The summed E-state index contributed by atoms with van der Waals surface area (Å²) in [6.07, 6.45) is 4.24. The maximum absolute atomic E-state index is 9.82. The number of aromatic nitrogens is 2. The van der Waals surface area contributed by atoms with E-state index in [-0.39, 0.29) is 19.3 Å². The molecule has 0 bridgehead atoms. The largest absolute Gasteiger partial charge is 0.470 e. The van der Waals surface area contributed by atoms with Crippen molar-refractivity contribution in [1.82, 2.24) is 9.78 Å². The third kappa shape index (κ3) is 4.81. The van der Waals surface area contributed by atoms with Gasteiger partial charge < -0.3 is 14.6 Å². The molecule has 0 amide bonds. The summed E-state index contributed by atoms with van der Waals surface area (Å²) < 4.78 is 13.5. The average Bonchev–Trinajstić information content (AvgIpc) is 3.16. The topological polar surface area (TPSA) is 56.5 Å². The van der Waals surface area contributed by atoms with Crippen molar-refractivity contribution in [3.63, 3.8) is 0 Å². The molecule has 0 aliphatic carbocycles. The standard InChI is InChI=1S/C19H22Cl2N2O3S/c1-12(2)23-18(27-15-8-13(20)7-14(21)9-15)16(17(10-24)22-23)11-26-19(3)5-4-6-25-19/h4,6-9,12,24H,5,10-11H2,1-3H3. The van der Waals surface area contributed by atoms with E-state index in [2.05, 4.69) is 5.10 Å². The van der Waals surface area contributed by atoms with Crippen molar-refractivity contribution in [2.24, 2.45) is 0 Å². The molecule has 0 saturated heterocycles. The fourth-order valence-electron chi connectivity index (χ4n) is 2.75. The monoisotopic (exact) mass is 428 g/mol. The highest BCUT2D eigenvalue weighted by atomic mass is 35.5. The fraction of sp³-hybridized carbons (Fsp3) is 0.421. The van der Waals surface area contributed by atoms with Gasteiger partial charge in [0.15, 0.2) is 0 Å². The summed E-state index contributed by atoms with van der Waals surface area (Å²) in [5.74, 6) is -0.700. The van der Waals surface area contributed by atoms with Crippen molar-refractivity contribution in [2.75, 3.05) is 0 Å². The second-order valence-corrected chi connectivity index (χ2v) is 8.69. The molecule has 1 aliphatic heterocycles. The van der Waals surface area contributed by atoms with Crippen LogP contribution < -0.4 is 0 Å². The van der Waals surface area contributed by atoms with Crippen molar-refractivity contribution >= 4 is 35.0 Å². The molecule has 0 fully saturated rings. The Kier molecular flexibility index (Phi) is 6.43. The lowest BCUT2D eigenvalue weighted by atomic mass is 10.2. The van der Waals surface area contributed by atoms with E-state index in [0.29, 0.717) is 22.2 Å². The Balaban J connectivity index is 1.95. The van der Waals surface area contributed by atoms with E-state index in [1.54, 1.807) is 12.3 Å². The minimum atomic E-state index is -0.700. The van der Waals surface area contributed by atoms with Crippen LogP contribution in [0.5, 0.6) is 0 Å². The molecule has 5 nitrogen and oxygen atoms in total. The van der Waals surface area contributed by atoms with Gasteiger partial charge in [-0.25, -0.2) is 0 Å². The molecule has 2 aromatic rings. The van der Waals surface area contributed by atoms with E-state index in [1.807, 2.05) is 43.7 Å². The Morgan fingerprint density at radius 3 is 2.59 bits per heavy atom. The van der Waals surface area contributed by atoms with Gasteiger partial charge in [-0.2, -0.15) is 5.10 Å². The molecule has 1 aromatic carbocycles. The summed E-state index contributed by atoms with van der Waals surface area (Å²) in [5, 5.41) is 16.4. The van der Waals surface area contributed by atoms with Crippen LogP contribution in [0.25, 0.3) is 0 Å². The van der Waals surface area contributed by atoms with Crippen LogP contribution in [0.15, 0.2) is 40.5 Å². The highest BCUT2D eigenvalue weighted by Gasteiger charge is 2.30. The van der Waals surface area contributed by atoms with Gasteiger partial charge in [0, 0.05) is 39.9 Å². The van der Waals surface area contributed by atoms with Crippen LogP contribution in [0, 0.1) is 0 Å². The zero-order chi connectivity index (χ0) is 19.6. The predicted octanol–water partition coefficient (Wildman–Crippen LogP) is 5.58. The fourth-order valence-corrected chi connectivity index (χ4v) is 4.64. The van der Waals surface area contributed by atoms with Crippen LogP contribution in [-0.2, 0) is 22.7 Å². The first-order chi connectivity index (χ1) is 12.8. The van der Waals surface area contributed by atoms with Crippen LogP contribution >= 0.6 is 35.0 Å². The molecule has 3 rings (SSSR count). The van der Waals surface area contributed by atoms with Gasteiger partial charge in [0.25, 0.3) is 0 Å². The Morgan fingerprint density at radius 1 is 1.33 bits per heavy atom. The molecule has 1 aliphatic rings. The predicted molar refractivity (Wildman–Crippen MR) is 107 cm³/mol. The number of aliphatic hydroxyl groups excluding tert-OH is 1. The SMILES string of the molecule is CC(C)n1nc(CO)c(COC2(C)CC=CO2)c1Sc1cc(Cl)cc(Cl)c1. The van der Waals surface area contributed by atoms with Gasteiger partial charge >= 0.3 is 0 Å². The number of hydrogen-bond donors (Lipinski definition) is 1. The molecule has 8 heteroatoms. The van der Waals surface area contributed by atoms with E-state index in [1.165, 1.54) is 11.8 Å². The molecule has 1 aromatic heterocycles. The molecule has 1 N–H and O–H groups in total. The van der Waals surface area contributed by atoms with Crippen molar-refractivity contribution in [3.05, 3.63) is 51.8 Å². The summed E-state index contributed by atoms with van der Waals surface area (Å²) in [4.78, 5) is 0.894. The van der Waals surface area contributed by atoms with Crippen molar-refractivity contribution < 1.29 is 14.6 Å². The number of hydrogen-bond acceptors (Lipinski definition) is 5. The van der Waals surface area contributed by atoms with Crippen LogP contribution in [0.3, 0.4) is 0 Å². The second kappa shape index (κ2) is 8.45. The minimum Gasteiger partial charge on any atom is -0.470 e. The Hall–Kier alpha value is -1.18. The summed E-state index contributed by atoms with van der Waals surface area (Å²) in [5.41, 5.74) is 1.43. The van der Waals surface area contributed by atoms with Gasteiger partial charge in [-0.1, -0.05) is 35.0 Å². The number of nitrogens with zero attached hydrogens (tertiary/aromatic N) is 2. The number of ether oxygens (including phenoxy) is 2. The molecule has 27 heavy (non-hydrogen) atoms. The summed E-state index contributed by atoms with van der Waals surface area (Å²) in [6.45, 7) is 6.08. The minimum absolute atomic E-state index is 0.112. The third-order valence-corrected chi connectivity index (χ3v) is 5.69. The normalized spacial score (nSPS) is 19.1. The van der Waals surface area contributed by atoms with Gasteiger partial charge in [-0.05, 0) is 38.1 Å². The Bertz CT molecular complexity index is 823. The molecule has 0 spiro atoms. The summed E-state index contributed by atoms with van der Waals surface area (Å²) in [6, 6.07) is 5.51. The summed E-state index contributed by atoms with van der Waals surface area (Å²) in [7, 11) is 0. The average molecular weight is 429 g/mol. The molecule has 0 radical (unpaired) electrons. The molecule has 0 saturated carbocycles. The first-order valence-electron chi connectivity index (χ1n) is 8.63. The highest BCUT2D eigenvalue weighted by molar-refractivity contribution is 7.99. The molecule has 1 unspecified atom stereocenters. The van der Waals surface area contributed by atoms with Gasteiger partial charge in [0.05, 0.1) is 25.2 Å². The van der Waals surface area contributed by atoms with Crippen LogP contribution in [0.2, 0.25) is 10.0 Å². The molecular formula is C19H22Cl2N2O3S. The lowest BCUT2D eigenvalue weighted by Crippen LogP contribution is -2.27. The number of halogens is 2. The zero-order valence-electron chi connectivity index (χ0n) is 15.4. The molecule has 1 atom stereocenters. The van der Waals surface area contributed by atoms with Gasteiger partial charge in [0.2, 0.25) is 5.79 Å². The van der Waals surface area contributed by atoms with E-state index in [9.17, 15) is 5.11 Å². The highest BCUT2D eigenvalue weighted by Crippen LogP contribution is 2.38. The smallest absolute Gasteiger partial charge is 0.210 e. The van der Waals surface area contributed by atoms with E-state index >= 15 is 0 Å². The van der Waals surface area contributed by atoms with Crippen LogP contribution in [0.1, 0.15) is 44.5 Å². The second-order valence-electron chi connectivity index (χ2n) is 6.75. The van der Waals surface area contributed by atoms with Crippen LogP contribution in [0.4, 0.5) is 0 Å². The quantitative estimate of drug-likeness (QED) is 0.623. The maximum atomic E-state index is 9.82. The number of benzene rings is 1. The molecule has 2 heterocycles. The molecular weight excluding hydrogens is 407 g/mol. The summed E-state index contributed by atoms with van der Waals surface area (Å²) >= 11 is 13.8. The Morgan fingerprint density at radius 2 is 2.04 bits per heavy atom. The van der Waals surface area contributed by atoms with E-state index in [0.717, 1.165) is 15.5 Å². The van der Waals surface area contributed by atoms with Crippen molar-refractivity contribution in [1.29, 1.82) is 0 Å². The van der Waals surface area contributed by atoms with Gasteiger partial charge in [-0.3, -0.25) is 4.68 Å². The third-order valence-electron chi connectivity index (χ3n) is 4.16. The van der Waals surface area contributed by atoms with Gasteiger partial charge in [0.1, 0.15) is 5.03 Å². The first-order valence-corrected chi connectivity index (χ1v) is 10.2. The number of aliphatic hydroxyl groups is 1.